The van der Waals surface area contributed by atoms with E-state index in [9.17, 15) is 0 Å². The maximum atomic E-state index is 6.22. The second-order valence-corrected chi connectivity index (χ2v) is 7.08. The van der Waals surface area contributed by atoms with Crippen LogP contribution in [0.5, 0.6) is 11.5 Å². The summed E-state index contributed by atoms with van der Waals surface area (Å²) in [6.07, 6.45) is 1.98. The van der Waals surface area contributed by atoms with Crippen molar-refractivity contribution in [3.63, 3.8) is 0 Å². The summed E-state index contributed by atoms with van der Waals surface area (Å²) in [7, 11) is 0. The molecule has 0 saturated carbocycles. The molecule has 1 aromatic heterocycles. The summed E-state index contributed by atoms with van der Waals surface area (Å²) in [5, 5.41) is 0.571. The molecule has 3 aromatic rings. The summed E-state index contributed by atoms with van der Waals surface area (Å²) in [5.74, 6) is 2.69. The van der Waals surface area contributed by atoms with Crippen LogP contribution in [0.2, 0.25) is 5.02 Å². The van der Waals surface area contributed by atoms with Gasteiger partial charge in [0.1, 0.15) is 17.1 Å². The highest BCUT2D eigenvalue weighted by Gasteiger charge is 2.21. The van der Waals surface area contributed by atoms with Gasteiger partial charge in [-0.1, -0.05) is 23.7 Å². The highest BCUT2D eigenvalue weighted by molar-refractivity contribution is 9.10. The Kier molecular flexibility index (Phi) is 4.48. The van der Waals surface area contributed by atoms with Crippen molar-refractivity contribution in [3.8, 4) is 11.5 Å². The predicted molar refractivity (Wildman–Crippen MR) is 98.1 cm³/mol. The SMILES string of the molecule is Clc1ccccc1Oc1c(Br)ccc2[nH]c(C3CCOCC3)nc12. The summed E-state index contributed by atoms with van der Waals surface area (Å²) in [4.78, 5) is 8.25. The Bertz CT molecular complexity index is 875. The molecule has 0 spiro atoms. The number of aromatic amines is 1. The van der Waals surface area contributed by atoms with E-state index in [0.717, 1.165) is 47.4 Å². The van der Waals surface area contributed by atoms with Gasteiger partial charge in [0.25, 0.3) is 0 Å². The average molecular weight is 408 g/mol. The molecule has 2 heterocycles. The molecule has 1 aliphatic rings. The van der Waals surface area contributed by atoms with E-state index in [1.165, 1.54) is 0 Å². The lowest BCUT2D eigenvalue weighted by Crippen LogP contribution is -2.15. The monoisotopic (exact) mass is 406 g/mol. The number of halogens is 2. The molecule has 124 valence electrons. The second-order valence-electron chi connectivity index (χ2n) is 5.81. The third kappa shape index (κ3) is 3.04. The number of benzene rings is 2. The van der Waals surface area contributed by atoms with Gasteiger partial charge in [-0.2, -0.15) is 0 Å². The van der Waals surface area contributed by atoms with E-state index in [1.807, 2.05) is 36.4 Å². The highest BCUT2D eigenvalue weighted by Crippen LogP contribution is 2.39. The van der Waals surface area contributed by atoms with Gasteiger partial charge in [-0.3, -0.25) is 0 Å². The van der Waals surface area contributed by atoms with Gasteiger partial charge in [-0.25, -0.2) is 4.98 Å². The molecular formula is C18H16BrClN2O2. The van der Waals surface area contributed by atoms with Crippen LogP contribution in [0.4, 0.5) is 0 Å². The van der Waals surface area contributed by atoms with E-state index in [0.29, 0.717) is 22.4 Å². The van der Waals surface area contributed by atoms with E-state index in [2.05, 4.69) is 20.9 Å². The molecule has 0 aliphatic carbocycles. The zero-order valence-electron chi connectivity index (χ0n) is 12.9. The number of aromatic nitrogens is 2. The van der Waals surface area contributed by atoms with Crippen molar-refractivity contribution in [2.24, 2.45) is 0 Å². The van der Waals surface area contributed by atoms with Crippen LogP contribution in [-0.4, -0.2) is 23.2 Å². The normalized spacial score (nSPS) is 15.8. The van der Waals surface area contributed by atoms with Gasteiger partial charge in [-0.05, 0) is 53.0 Å². The molecule has 0 radical (unpaired) electrons. The molecule has 1 N–H and O–H groups in total. The minimum absolute atomic E-state index is 0.401. The summed E-state index contributed by atoms with van der Waals surface area (Å²) in [5.41, 5.74) is 1.77. The molecule has 1 saturated heterocycles. The van der Waals surface area contributed by atoms with Gasteiger partial charge in [-0.15, -0.1) is 0 Å². The van der Waals surface area contributed by atoms with Crippen molar-refractivity contribution >= 4 is 38.6 Å². The quantitative estimate of drug-likeness (QED) is 0.609. The predicted octanol–water partition coefficient (Wildman–Crippen LogP) is 5.67. The number of hydrogen-bond donors (Lipinski definition) is 1. The van der Waals surface area contributed by atoms with Crippen LogP contribution in [0.3, 0.4) is 0 Å². The largest absolute Gasteiger partial charge is 0.452 e. The minimum Gasteiger partial charge on any atom is -0.452 e. The van der Waals surface area contributed by atoms with Crippen LogP contribution in [0, 0.1) is 0 Å². The Labute approximate surface area is 153 Å². The van der Waals surface area contributed by atoms with Crippen molar-refractivity contribution in [2.75, 3.05) is 13.2 Å². The zero-order chi connectivity index (χ0) is 16.5. The zero-order valence-corrected chi connectivity index (χ0v) is 15.2. The number of nitrogens with zero attached hydrogens (tertiary/aromatic N) is 1. The molecule has 24 heavy (non-hydrogen) atoms. The van der Waals surface area contributed by atoms with Gasteiger partial charge >= 0.3 is 0 Å². The van der Waals surface area contributed by atoms with E-state index in [4.69, 9.17) is 26.1 Å². The number of fused-ring (bicyclic) bond motifs is 1. The van der Waals surface area contributed by atoms with Crippen molar-refractivity contribution < 1.29 is 9.47 Å². The number of H-pyrrole nitrogens is 1. The third-order valence-electron chi connectivity index (χ3n) is 4.24. The number of para-hydroxylation sites is 1. The molecule has 1 aliphatic heterocycles. The molecule has 4 rings (SSSR count). The van der Waals surface area contributed by atoms with Gasteiger partial charge in [0.15, 0.2) is 5.75 Å². The fraction of sp³-hybridized carbons (Fsp3) is 0.278. The first kappa shape index (κ1) is 15.9. The Balaban J connectivity index is 1.75. The lowest BCUT2D eigenvalue weighted by Gasteiger charge is -2.19. The number of nitrogens with one attached hydrogen (secondary N) is 1. The lowest BCUT2D eigenvalue weighted by atomic mass is 10.00. The average Bonchev–Trinajstić information content (AvgIpc) is 3.04. The molecule has 4 nitrogen and oxygen atoms in total. The second kappa shape index (κ2) is 6.75. The highest BCUT2D eigenvalue weighted by atomic mass is 79.9. The van der Waals surface area contributed by atoms with Crippen LogP contribution >= 0.6 is 27.5 Å². The first-order valence-corrected chi connectivity index (χ1v) is 9.07. The molecule has 2 aromatic carbocycles. The van der Waals surface area contributed by atoms with Crippen LogP contribution in [0.25, 0.3) is 11.0 Å². The van der Waals surface area contributed by atoms with Crippen LogP contribution in [0.1, 0.15) is 24.6 Å². The Morgan fingerprint density at radius 3 is 2.75 bits per heavy atom. The first-order chi connectivity index (χ1) is 11.7. The maximum absolute atomic E-state index is 6.22. The van der Waals surface area contributed by atoms with Crippen molar-refractivity contribution in [2.45, 2.75) is 18.8 Å². The van der Waals surface area contributed by atoms with Crippen LogP contribution in [0.15, 0.2) is 40.9 Å². The smallest absolute Gasteiger partial charge is 0.169 e. The molecule has 0 unspecified atom stereocenters. The summed E-state index contributed by atoms with van der Waals surface area (Å²) >= 11 is 9.78. The molecule has 0 amide bonds. The van der Waals surface area contributed by atoms with E-state index < -0.39 is 0 Å². The van der Waals surface area contributed by atoms with Crippen molar-refractivity contribution in [3.05, 3.63) is 51.7 Å². The summed E-state index contributed by atoms with van der Waals surface area (Å²) < 4.78 is 12.4. The van der Waals surface area contributed by atoms with E-state index in [1.54, 1.807) is 0 Å². The third-order valence-corrected chi connectivity index (χ3v) is 5.17. The van der Waals surface area contributed by atoms with Crippen molar-refractivity contribution in [1.29, 1.82) is 0 Å². The van der Waals surface area contributed by atoms with Crippen molar-refractivity contribution in [1.82, 2.24) is 9.97 Å². The molecule has 0 atom stereocenters. The number of hydrogen-bond acceptors (Lipinski definition) is 3. The van der Waals surface area contributed by atoms with Crippen LogP contribution < -0.4 is 4.74 Å². The standard InChI is InChI=1S/C18H16BrClN2O2/c19-12-5-6-14-16(17(12)24-15-4-2-1-3-13(15)20)22-18(21-14)11-7-9-23-10-8-11/h1-6,11H,7-10H2,(H,21,22). The van der Waals surface area contributed by atoms with Gasteiger partial charge in [0, 0.05) is 19.1 Å². The Morgan fingerprint density at radius 2 is 1.96 bits per heavy atom. The topological polar surface area (TPSA) is 47.1 Å². The maximum Gasteiger partial charge on any atom is 0.169 e. The van der Waals surface area contributed by atoms with Gasteiger partial charge < -0.3 is 14.5 Å². The minimum atomic E-state index is 0.401. The van der Waals surface area contributed by atoms with Gasteiger partial charge in [0.05, 0.1) is 15.0 Å². The van der Waals surface area contributed by atoms with Gasteiger partial charge in [0.2, 0.25) is 0 Å². The molecule has 0 bridgehead atoms. The number of imidazole rings is 1. The Morgan fingerprint density at radius 1 is 1.17 bits per heavy atom. The summed E-state index contributed by atoms with van der Waals surface area (Å²) in [6, 6.07) is 11.4. The molecule has 1 fully saturated rings. The van der Waals surface area contributed by atoms with E-state index in [-0.39, 0.29) is 0 Å². The number of ether oxygens (including phenoxy) is 2. The lowest BCUT2D eigenvalue weighted by molar-refractivity contribution is 0.0838. The summed E-state index contributed by atoms with van der Waals surface area (Å²) in [6.45, 7) is 1.57. The fourth-order valence-electron chi connectivity index (χ4n) is 2.94. The Hall–Kier alpha value is -1.56. The fourth-order valence-corrected chi connectivity index (χ4v) is 3.52. The van der Waals surface area contributed by atoms with Crippen LogP contribution in [-0.2, 0) is 4.74 Å². The number of rotatable bonds is 3. The van der Waals surface area contributed by atoms with E-state index >= 15 is 0 Å². The molecular weight excluding hydrogens is 392 g/mol. The molecule has 6 heteroatoms. The first-order valence-electron chi connectivity index (χ1n) is 7.90.